The summed E-state index contributed by atoms with van der Waals surface area (Å²) in [7, 11) is -3.59. The van der Waals surface area contributed by atoms with Gasteiger partial charge in [0.05, 0.1) is 27.4 Å². The first kappa shape index (κ1) is 25.2. The fourth-order valence-electron chi connectivity index (χ4n) is 4.14. The van der Waals surface area contributed by atoms with Crippen LogP contribution in [0.5, 0.6) is 0 Å². The maximum Gasteiger partial charge on any atom is 0.243 e. The number of carbonyl (C=O) groups excluding carboxylic acids is 2. The van der Waals surface area contributed by atoms with Crippen molar-refractivity contribution in [2.24, 2.45) is 0 Å². The number of benzene rings is 1. The van der Waals surface area contributed by atoms with E-state index in [1.54, 1.807) is 32.0 Å². The number of nitrogens with one attached hydrogen (secondary N) is 1. The van der Waals surface area contributed by atoms with E-state index < -0.39 is 10.0 Å². The highest BCUT2D eigenvalue weighted by molar-refractivity contribution is 7.99. The number of aromatic amines is 1. The summed E-state index contributed by atoms with van der Waals surface area (Å²) < 4.78 is 29.2. The van der Waals surface area contributed by atoms with Crippen LogP contribution in [0.3, 0.4) is 0 Å². The lowest BCUT2D eigenvalue weighted by Gasteiger charge is -2.18. The van der Waals surface area contributed by atoms with Gasteiger partial charge in [0.25, 0.3) is 0 Å². The van der Waals surface area contributed by atoms with Gasteiger partial charge in [0, 0.05) is 30.9 Å². The zero-order valence-electron chi connectivity index (χ0n) is 19.9. The van der Waals surface area contributed by atoms with E-state index in [4.69, 9.17) is 0 Å². The van der Waals surface area contributed by atoms with E-state index in [1.165, 1.54) is 23.0 Å². The van der Waals surface area contributed by atoms with Gasteiger partial charge in [0.1, 0.15) is 0 Å². The zero-order valence-corrected chi connectivity index (χ0v) is 21.5. The second kappa shape index (κ2) is 9.82. The van der Waals surface area contributed by atoms with E-state index in [2.05, 4.69) is 9.97 Å². The van der Waals surface area contributed by atoms with Crippen LogP contribution in [-0.4, -0.2) is 57.7 Å². The van der Waals surface area contributed by atoms with E-state index in [9.17, 15) is 18.0 Å². The highest BCUT2D eigenvalue weighted by atomic mass is 32.2. The summed E-state index contributed by atoms with van der Waals surface area (Å²) in [5.74, 6) is -0.0460. The van der Waals surface area contributed by atoms with Gasteiger partial charge in [-0.05, 0) is 51.5 Å². The molecule has 1 aromatic carbocycles. The first-order valence-electron chi connectivity index (χ1n) is 10.9. The second-order valence-electron chi connectivity index (χ2n) is 7.77. The van der Waals surface area contributed by atoms with Gasteiger partial charge in [-0.3, -0.25) is 9.59 Å². The van der Waals surface area contributed by atoms with E-state index in [-0.39, 0.29) is 22.2 Å². The maximum atomic E-state index is 12.9. The summed E-state index contributed by atoms with van der Waals surface area (Å²) in [6.45, 7) is 12.1. The van der Waals surface area contributed by atoms with Gasteiger partial charge < -0.3 is 9.55 Å². The monoisotopic (exact) mass is 490 g/mol. The molecule has 0 unspecified atom stereocenters. The third-order valence-corrected chi connectivity index (χ3v) is 8.77. The molecule has 2 aromatic heterocycles. The summed E-state index contributed by atoms with van der Waals surface area (Å²) in [4.78, 5) is 32.6. The molecule has 0 fully saturated rings. The largest absolute Gasteiger partial charge is 0.355 e. The third-order valence-electron chi connectivity index (χ3n) is 5.74. The Balaban J connectivity index is 1.91. The van der Waals surface area contributed by atoms with E-state index >= 15 is 0 Å². The number of sulfonamides is 1. The first-order chi connectivity index (χ1) is 15.6. The van der Waals surface area contributed by atoms with Crippen LogP contribution < -0.4 is 0 Å². The van der Waals surface area contributed by atoms with Crippen molar-refractivity contribution in [3.63, 3.8) is 0 Å². The second-order valence-corrected chi connectivity index (χ2v) is 10.7. The lowest BCUT2D eigenvalue weighted by atomic mass is 10.1. The number of hydrogen-bond acceptors (Lipinski definition) is 6. The molecule has 33 heavy (non-hydrogen) atoms. The normalized spacial score (nSPS) is 12.1. The number of nitrogens with zero attached hydrogens (tertiary/aromatic N) is 3. The number of imidazole rings is 1. The Labute approximate surface area is 198 Å². The molecule has 3 rings (SSSR count). The predicted molar refractivity (Wildman–Crippen MR) is 131 cm³/mol. The molecule has 0 atom stereocenters. The molecule has 0 spiro atoms. The molecule has 0 aliphatic rings. The predicted octanol–water partition coefficient (Wildman–Crippen LogP) is 4.21. The number of Topliss-reactive ketones (excluding diaryl/α,β-unsaturated/α-hetero) is 2. The topological polar surface area (TPSA) is 105 Å². The van der Waals surface area contributed by atoms with Gasteiger partial charge >= 0.3 is 0 Å². The van der Waals surface area contributed by atoms with Crippen molar-refractivity contribution >= 4 is 44.4 Å². The van der Waals surface area contributed by atoms with Crippen molar-refractivity contribution in [1.82, 2.24) is 18.8 Å². The van der Waals surface area contributed by atoms with Crippen LogP contribution in [0.2, 0.25) is 0 Å². The minimum Gasteiger partial charge on any atom is -0.355 e. The number of ketones is 2. The highest BCUT2D eigenvalue weighted by Crippen LogP contribution is 2.28. The minimum atomic E-state index is -3.59. The first-order valence-corrected chi connectivity index (χ1v) is 13.4. The summed E-state index contributed by atoms with van der Waals surface area (Å²) in [6, 6.07) is 4.97. The summed E-state index contributed by atoms with van der Waals surface area (Å²) in [5.41, 5.74) is 3.75. The van der Waals surface area contributed by atoms with Crippen LogP contribution >= 0.6 is 11.8 Å². The maximum absolute atomic E-state index is 12.9. The van der Waals surface area contributed by atoms with Gasteiger partial charge in [0.15, 0.2) is 16.7 Å². The number of fused-ring (bicyclic) bond motifs is 1. The standard InChI is InChI=1S/C23H30N4O4S2/c1-7-26(8-2)33(30,31)17-10-11-19-18(12-17)25-23(27(19)9-3)32-13-20(29)22-14(4)21(16(6)28)15(5)24-22/h10-12,24H,7-9,13H2,1-6H3. The van der Waals surface area contributed by atoms with Gasteiger partial charge in [-0.15, -0.1) is 0 Å². The molecule has 0 radical (unpaired) electrons. The van der Waals surface area contributed by atoms with Gasteiger partial charge in [-0.2, -0.15) is 4.31 Å². The minimum absolute atomic E-state index is 0.0730. The van der Waals surface area contributed by atoms with Gasteiger partial charge in [-0.1, -0.05) is 25.6 Å². The Morgan fingerprint density at radius 3 is 2.36 bits per heavy atom. The Hall–Kier alpha value is -2.43. The SMILES string of the molecule is CCN(CC)S(=O)(=O)c1ccc2c(c1)nc(SCC(=O)c1[nH]c(C)c(C(C)=O)c1C)n2CC. The lowest BCUT2D eigenvalue weighted by molar-refractivity contribution is 0.101. The molecule has 0 amide bonds. The number of thioether (sulfide) groups is 1. The number of aryl methyl sites for hydroxylation is 2. The molecule has 3 aromatic rings. The average Bonchev–Trinajstić information content (AvgIpc) is 3.27. The number of carbonyl (C=O) groups is 2. The summed E-state index contributed by atoms with van der Waals surface area (Å²) in [5, 5.41) is 0.644. The molecule has 0 saturated heterocycles. The molecule has 0 aliphatic heterocycles. The average molecular weight is 491 g/mol. The lowest BCUT2D eigenvalue weighted by Crippen LogP contribution is -2.30. The van der Waals surface area contributed by atoms with Crippen molar-refractivity contribution in [2.75, 3.05) is 18.8 Å². The van der Waals surface area contributed by atoms with Crippen molar-refractivity contribution in [3.8, 4) is 0 Å². The molecule has 2 heterocycles. The van der Waals surface area contributed by atoms with Crippen molar-refractivity contribution in [2.45, 2.75) is 58.1 Å². The number of aromatic nitrogens is 3. The summed E-state index contributed by atoms with van der Waals surface area (Å²) in [6.07, 6.45) is 0. The molecule has 0 bridgehead atoms. The Kier molecular flexibility index (Phi) is 7.50. The van der Waals surface area contributed by atoms with Gasteiger partial charge in [0.2, 0.25) is 10.0 Å². The molecule has 10 heteroatoms. The zero-order chi connectivity index (χ0) is 24.5. The molecule has 178 valence electrons. The van der Waals surface area contributed by atoms with Crippen LogP contribution in [0.15, 0.2) is 28.3 Å². The fourth-order valence-corrected chi connectivity index (χ4v) is 6.56. The van der Waals surface area contributed by atoms with Crippen LogP contribution in [0.4, 0.5) is 0 Å². The number of rotatable bonds is 10. The van der Waals surface area contributed by atoms with Crippen LogP contribution in [0.1, 0.15) is 59.8 Å². The van der Waals surface area contributed by atoms with E-state index in [0.29, 0.717) is 52.8 Å². The number of hydrogen-bond donors (Lipinski definition) is 1. The number of H-pyrrole nitrogens is 1. The molecular formula is C23H30N4O4S2. The fraction of sp³-hybridized carbons (Fsp3) is 0.435. The van der Waals surface area contributed by atoms with Gasteiger partial charge in [-0.25, -0.2) is 13.4 Å². The Morgan fingerprint density at radius 2 is 1.82 bits per heavy atom. The Bertz CT molecular complexity index is 1320. The molecule has 0 saturated carbocycles. The smallest absolute Gasteiger partial charge is 0.243 e. The van der Waals surface area contributed by atoms with Crippen molar-refractivity contribution in [1.29, 1.82) is 0 Å². The van der Waals surface area contributed by atoms with Crippen molar-refractivity contribution < 1.29 is 18.0 Å². The van der Waals surface area contributed by atoms with Crippen molar-refractivity contribution in [3.05, 3.63) is 40.7 Å². The molecule has 0 aliphatic carbocycles. The third kappa shape index (κ3) is 4.64. The Morgan fingerprint density at radius 1 is 1.15 bits per heavy atom. The molecule has 8 nitrogen and oxygen atoms in total. The summed E-state index contributed by atoms with van der Waals surface area (Å²) >= 11 is 1.30. The van der Waals surface area contributed by atoms with E-state index in [0.717, 1.165) is 5.52 Å². The molecule has 1 N–H and O–H groups in total. The quantitative estimate of drug-likeness (QED) is 0.337. The van der Waals surface area contributed by atoms with Crippen LogP contribution in [-0.2, 0) is 16.6 Å². The van der Waals surface area contributed by atoms with Crippen LogP contribution in [0, 0.1) is 13.8 Å². The molecular weight excluding hydrogens is 460 g/mol. The highest BCUT2D eigenvalue weighted by Gasteiger charge is 2.24. The van der Waals surface area contributed by atoms with Crippen LogP contribution in [0.25, 0.3) is 11.0 Å². The van der Waals surface area contributed by atoms with E-state index in [1.807, 2.05) is 25.3 Å².